The Morgan fingerprint density at radius 3 is 2.50 bits per heavy atom. The average Bonchev–Trinajstić information content (AvgIpc) is 2.41. The summed E-state index contributed by atoms with van der Waals surface area (Å²) in [6.45, 7) is 5.65. The second-order valence-electron chi connectivity index (χ2n) is 4.79. The lowest BCUT2D eigenvalue weighted by Gasteiger charge is -2.14. The number of aromatic nitrogens is 1. The number of carbonyl (C=O) groups excluding carboxylic acids is 1. The minimum Gasteiger partial charge on any atom is -0.494 e. The molecule has 0 fully saturated rings. The number of aromatic hydroxyl groups is 1. The first-order chi connectivity index (χ1) is 9.49. The molecule has 0 saturated carbocycles. The van der Waals surface area contributed by atoms with Crippen LogP contribution >= 0.6 is 0 Å². The van der Waals surface area contributed by atoms with Crippen LogP contribution in [-0.4, -0.2) is 15.5 Å². The van der Waals surface area contributed by atoms with E-state index in [0.29, 0.717) is 19.3 Å². The van der Waals surface area contributed by atoms with Gasteiger partial charge < -0.3 is 5.11 Å². The maximum atomic E-state index is 12.2. The van der Waals surface area contributed by atoms with Gasteiger partial charge in [0.05, 0.1) is 5.56 Å². The van der Waals surface area contributed by atoms with Crippen LogP contribution in [0.3, 0.4) is 0 Å². The fourth-order valence-corrected chi connectivity index (χ4v) is 2.18. The molecule has 0 aromatic carbocycles. The summed E-state index contributed by atoms with van der Waals surface area (Å²) in [4.78, 5) is 24.3. The molecule has 0 spiro atoms. The standard InChI is InChI=1S/C15H20N2O3/c1-4-6-7-12(18)13-10(3)11(9-16)14(19)17(8-5-2)15(13)20/h20H,4-8H2,1-3H3. The van der Waals surface area contributed by atoms with Gasteiger partial charge in [0.1, 0.15) is 11.6 Å². The molecule has 0 saturated heterocycles. The lowest BCUT2D eigenvalue weighted by atomic mass is 9.98. The van der Waals surface area contributed by atoms with Crippen molar-refractivity contribution in [2.75, 3.05) is 0 Å². The smallest absolute Gasteiger partial charge is 0.271 e. The lowest BCUT2D eigenvalue weighted by molar-refractivity contribution is 0.0974. The summed E-state index contributed by atoms with van der Waals surface area (Å²) in [7, 11) is 0. The van der Waals surface area contributed by atoms with Gasteiger partial charge in [-0.1, -0.05) is 20.3 Å². The summed E-state index contributed by atoms with van der Waals surface area (Å²) in [6.07, 6.45) is 2.52. The van der Waals surface area contributed by atoms with E-state index in [0.717, 1.165) is 11.0 Å². The zero-order chi connectivity index (χ0) is 15.3. The topological polar surface area (TPSA) is 83.1 Å². The van der Waals surface area contributed by atoms with E-state index in [1.807, 2.05) is 19.9 Å². The summed E-state index contributed by atoms with van der Waals surface area (Å²) in [5.41, 5.74) is -0.195. The molecule has 20 heavy (non-hydrogen) atoms. The van der Waals surface area contributed by atoms with Crippen LogP contribution in [0.4, 0.5) is 0 Å². The molecule has 1 rings (SSSR count). The van der Waals surface area contributed by atoms with Crippen molar-refractivity contribution in [3.8, 4) is 11.9 Å². The minimum absolute atomic E-state index is 0.0592. The van der Waals surface area contributed by atoms with Gasteiger partial charge in [0.15, 0.2) is 5.78 Å². The molecule has 1 heterocycles. The molecule has 1 aromatic heterocycles. The Kier molecular flexibility index (Phi) is 5.51. The van der Waals surface area contributed by atoms with Crippen LogP contribution in [0.15, 0.2) is 4.79 Å². The Hall–Kier alpha value is -2.09. The van der Waals surface area contributed by atoms with Crippen LogP contribution in [0, 0.1) is 18.3 Å². The molecule has 0 aliphatic carbocycles. The monoisotopic (exact) mass is 276 g/mol. The third-order valence-corrected chi connectivity index (χ3v) is 3.28. The average molecular weight is 276 g/mol. The van der Waals surface area contributed by atoms with Crippen molar-refractivity contribution in [2.45, 2.75) is 53.0 Å². The van der Waals surface area contributed by atoms with Crippen molar-refractivity contribution in [1.29, 1.82) is 5.26 Å². The van der Waals surface area contributed by atoms with Crippen LogP contribution in [0.2, 0.25) is 0 Å². The van der Waals surface area contributed by atoms with Crippen LogP contribution in [0.5, 0.6) is 5.88 Å². The van der Waals surface area contributed by atoms with Gasteiger partial charge in [-0.2, -0.15) is 5.26 Å². The first-order valence-electron chi connectivity index (χ1n) is 6.89. The van der Waals surface area contributed by atoms with E-state index in [1.54, 1.807) is 0 Å². The van der Waals surface area contributed by atoms with Gasteiger partial charge in [-0.3, -0.25) is 14.2 Å². The molecule has 1 N–H and O–H groups in total. The van der Waals surface area contributed by atoms with Crippen molar-refractivity contribution in [2.24, 2.45) is 0 Å². The summed E-state index contributed by atoms with van der Waals surface area (Å²) < 4.78 is 1.12. The van der Waals surface area contributed by atoms with E-state index in [-0.39, 0.29) is 34.9 Å². The molecule has 0 bridgehead atoms. The fraction of sp³-hybridized carbons (Fsp3) is 0.533. The number of Topliss-reactive ketones (excluding diaryl/α,β-unsaturated/α-hetero) is 1. The number of nitriles is 1. The zero-order valence-corrected chi connectivity index (χ0v) is 12.2. The first-order valence-corrected chi connectivity index (χ1v) is 6.89. The molecule has 0 atom stereocenters. The summed E-state index contributed by atoms with van der Waals surface area (Å²) in [6, 6.07) is 1.84. The third-order valence-electron chi connectivity index (χ3n) is 3.28. The number of hydrogen-bond acceptors (Lipinski definition) is 4. The van der Waals surface area contributed by atoms with Gasteiger partial charge in [-0.05, 0) is 25.3 Å². The van der Waals surface area contributed by atoms with Crippen molar-refractivity contribution in [3.63, 3.8) is 0 Å². The fourth-order valence-electron chi connectivity index (χ4n) is 2.18. The van der Waals surface area contributed by atoms with Gasteiger partial charge in [-0.25, -0.2) is 0 Å². The Morgan fingerprint density at radius 2 is 2.00 bits per heavy atom. The van der Waals surface area contributed by atoms with Gasteiger partial charge in [-0.15, -0.1) is 0 Å². The number of unbranched alkanes of at least 4 members (excludes halogenated alkanes) is 1. The minimum atomic E-state index is -0.531. The quantitative estimate of drug-likeness (QED) is 0.809. The van der Waals surface area contributed by atoms with Crippen molar-refractivity contribution >= 4 is 5.78 Å². The van der Waals surface area contributed by atoms with Crippen LogP contribution < -0.4 is 5.56 Å². The van der Waals surface area contributed by atoms with Gasteiger partial charge in [0.25, 0.3) is 5.56 Å². The van der Waals surface area contributed by atoms with Gasteiger partial charge in [0, 0.05) is 13.0 Å². The van der Waals surface area contributed by atoms with Gasteiger partial charge in [0.2, 0.25) is 5.88 Å². The Morgan fingerprint density at radius 1 is 1.35 bits per heavy atom. The summed E-state index contributed by atoms with van der Waals surface area (Å²) in [5.74, 6) is -0.530. The Bertz CT molecular complexity index is 609. The predicted octanol–water partition coefficient (Wildman–Crippen LogP) is 2.52. The van der Waals surface area contributed by atoms with E-state index >= 15 is 0 Å². The summed E-state index contributed by atoms with van der Waals surface area (Å²) >= 11 is 0. The first kappa shape index (κ1) is 16.0. The Labute approximate surface area is 118 Å². The van der Waals surface area contributed by atoms with Crippen molar-refractivity contribution in [3.05, 3.63) is 27.0 Å². The highest BCUT2D eigenvalue weighted by Gasteiger charge is 2.22. The van der Waals surface area contributed by atoms with Crippen molar-refractivity contribution in [1.82, 2.24) is 4.57 Å². The molecule has 0 radical (unpaired) electrons. The largest absolute Gasteiger partial charge is 0.494 e. The molecule has 0 aliphatic rings. The van der Waals surface area contributed by atoms with E-state index < -0.39 is 5.56 Å². The molecular weight excluding hydrogens is 256 g/mol. The molecule has 5 heteroatoms. The zero-order valence-electron chi connectivity index (χ0n) is 12.2. The number of ketones is 1. The van der Waals surface area contributed by atoms with Gasteiger partial charge >= 0.3 is 0 Å². The number of pyridine rings is 1. The second-order valence-corrected chi connectivity index (χ2v) is 4.79. The second kappa shape index (κ2) is 6.90. The van der Waals surface area contributed by atoms with Crippen LogP contribution in [-0.2, 0) is 6.54 Å². The third kappa shape index (κ3) is 2.90. The maximum absolute atomic E-state index is 12.2. The van der Waals surface area contributed by atoms with E-state index in [4.69, 9.17) is 5.26 Å². The molecule has 0 amide bonds. The normalized spacial score (nSPS) is 10.3. The highest BCUT2D eigenvalue weighted by Crippen LogP contribution is 2.24. The van der Waals surface area contributed by atoms with Crippen LogP contribution in [0.25, 0.3) is 0 Å². The molecule has 108 valence electrons. The SMILES string of the molecule is CCCCC(=O)c1c(C)c(C#N)c(=O)n(CCC)c1O. The predicted molar refractivity (Wildman–Crippen MR) is 76.0 cm³/mol. The van der Waals surface area contributed by atoms with Crippen LogP contribution in [0.1, 0.15) is 61.0 Å². The van der Waals surface area contributed by atoms with E-state index in [1.165, 1.54) is 6.92 Å². The number of hydrogen-bond donors (Lipinski definition) is 1. The molecule has 0 unspecified atom stereocenters. The molecular formula is C15H20N2O3. The number of nitrogens with zero attached hydrogens (tertiary/aromatic N) is 2. The number of carbonyl (C=O) groups is 1. The Balaban J connectivity index is 3.51. The van der Waals surface area contributed by atoms with E-state index in [2.05, 4.69) is 0 Å². The lowest BCUT2D eigenvalue weighted by Crippen LogP contribution is -2.26. The van der Waals surface area contributed by atoms with E-state index in [9.17, 15) is 14.7 Å². The number of rotatable bonds is 6. The highest BCUT2D eigenvalue weighted by atomic mass is 16.3. The molecule has 5 nitrogen and oxygen atoms in total. The maximum Gasteiger partial charge on any atom is 0.271 e. The summed E-state index contributed by atoms with van der Waals surface area (Å²) in [5, 5.41) is 19.3. The highest BCUT2D eigenvalue weighted by molar-refractivity contribution is 5.99. The molecule has 0 aliphatic heterocycles. The van der Waals surface area contributed by atoms with Crippen molar-refractivity contribution < 1.29 is 9.90 Å². The molecule has 1 aromatic rings.